The number of carbonyl (C=O) groups is 1. The lowest BCUT2D eigenvalue weighted by molar-refractivity contribution is -0.123. The number of carbonyl (C=O) groups excluding carboxylic acids is 1. The molecule has 1 aromatic rings. The Morgan fingerprint density at radius 3 is 2.94 bits per heavy atom. The molecule has 1 fully saturated rings. The van der Waals surface area contributed by atoms with E-state index >= 15 is 0 Å². The summed E-state index contributed by atoms with van der Waals surface area (Å²) in [7, 11) is 0. The third kappa shape index (κ3) is 4.00. The molecular formula is C12H13BrFNO2. The summed E-state index contributed by atoms with van der Waals surface area (Å²) < 4.78 is 18.7. The van der Waals surface area contributed by atoms with E-state index in [1.165, 1.54) is 18.9 Å². The summed E-state index contributed by atoms with van der Waals surface area (Å²) in [6.45, 7) is 0.644. The van der Waals surface area contributed by atoms with E-state index < -0.39 is 5.82 Å². The van der Waals surface area contributed by atoms with Gasteiger partial charge in [0.25, 0.3) is 5.91 Å². The Balaban J connectivity index is 1.75. The van der Waals surface area contributed by atoms with E-state index in [2.05, 4.69) is 21.2 Å². The smallest absolute Gasteiger partial charge is 0.257 e. The quantitative estimate of drug-likeness (QED) is 0.907. The lowest BCUT2D eigenvalue weighted by Crippen LogP contribution is -2.30. The average molecular weight is 302 g/mol. The second kappa shape index (κ2) is 5.49. The molecule has 3 nitrogen and oxygen atoms in total. The zero-order chi connectivity index (χ0) is 12.3. The summed E-state index contributed by atoms with van der Waals surface area (Å²) in [5.74, 6) is 0.428. The highest BCUT2D eigenvalue weighted by atomic mass is 79.9. The molecule has 1 saturated carbocycles. The van der Waals surface area contributed by atoms with Crippen molar-refractivity contribution in [1.82, 2.24) is 5.32 Å². The minimum Gasteiger partial charge on any atom is -0.484 e. The maximum Gasteiger partial charge on any atom is 0.257 e. The van der Waals surface area contributed by atoms with Gasteiger partial charge in [0.15, 0.2) is 6.61 Å². The van der Waals surface area contributed by atoms with Crippen LogP contribution in [0, 0.1) is 11.7 Å². The van der Waals surface area contributed by atoms with Crippen LogP contribution in [-0.4, -0.2) is 19.1 Å². The van der Waals surface area contributed by atoms with E-state index in [0.29, 0.717) is 16.1 Å². The van der Waals surface area contributed by atoms with Crippen LogP contribution in [0.5, 0.6) is 5.75 Å². The van der Waals surface area contributed by atoms with Gasteiger partial charge in [0, 0.05) is 12.6 Å². The number of hydrogen-bond donors (Lipinski definition) is 1. The van der Waals surface area contributed by atoms with Crippen LogP contribution >= 0.6 is 15.9 Å². The van der Waals surface area contributed by atoms with Gasteiger partial charge >= 0.3 is 0 Å². The third-order valence-electron chi connectivity index (χ3n) is 2.55. The Labute approximate surface area is 107 Å². The summed E-state index contributed by atoms with van der Waals surface area (Å²) in [6.07, 6.45) is 2.39. The molecule has 1 aliphatic carbocycles. The predicted octanol–water partition coefficient (Wildman–Crippen LogP) is 2.49. The zero-order valence-corrected chi connectivity index (χ0v) is 10.8. The van der Waals surface area contributed by atoms with Crippen molar-refractivity contribution in [1.29, 1.82) is 0 Å². The van der Waals surface area contributed by atoms with Gasteiger partial charge in [0.05, 0.1) is 4.47 Å². The van der Waals surface area contributed by atoms with Crippen LogP contribution < -0.4 is 10.1 Å². The molecule has 0 unspecified atom stereocenters. The van der Waals surface area contributed by atoms with Crippen molar-refractivity contribution in [2.24, 2.45) is 5.92 Å². The first-order chi connectivity index (χ1) is 8.15. The summed E-state index contributed by atoms with van der Waals surface area (Å²) in [6, 6.07) is 4.41. The van der Waals surface area contributed by atoms with Crippen molar-refractivity contribution in [3.05, 3.63) is 28.5 Å². The predicted molar refractivity (Wildman–Crippen MR) is 65.3 cm³/mol. The fourth-order valence-corrected chi connectivity index (χ4v) is 1.59. The number of ether oxygens (including phenoxy) is 1. The highest BCUT2D eigenvalue weighted by Crippen LogP contribution is 2.27. The standard InChI is InChI=1S/C12H13BrFNO2/c13-10-4-3-9(5-11(10)14)17-7-12(16)15-6-8-1-2-8/h3-5,8H,1-2,6-7H2,(H,15,16). The molecule has 1 aliphatic rings. The van der Waals surface area contributed by atoms with Crippen LogP contribution in [0.2, 0.25) is 0 Å². The third-order valence-corrected chi connectivity index (χ3v) is 3.19. The molecule has 0 heterocycles. The summed E-state index contributed by atoms with van der Waals surface area (Å²) >= 11 is 3.05. The lowest BCUT2D eigenvalue weighted by Gasteiger charge is -2.07. The Morgan fingerprint density at radius 2 is 2.29 bits per heavy atom. The van der Waals surface area contributed by atoms with Crippen molar-refractivity contribution < 1.29 is 13.9 Å². The van der Waals surface area contributed by atoms with Gasteiger partial charge in [-0.15, -0.1) is 0 Å². The molecule has 1 N–H and O–H groups in total. The minimum absolute atomic E-state index is 0.0756. The first-order valence-electron chi connectivity index (χ1n) is 5.49. The van der Waals surface area contributed by atoms with Gasteiger partial charge in [-0.3, -0.25) is 4.79 Å². The molecule has 0 saturated heterocycles. The fourth-order valence-electron chi connectivity index (χ4n) is 1.35. The van der Waals surface area contributed by atoms with Crippen molar-refractivity contribution >= 4 is 21.8 Å². The molecule has 5 heteroatoms. The normalized spacial score (nSPS) is 14.5. The summed E-state index contributed by atoms with van der Waals surface area (Å²) in [5.41, 5.74) is 0. The molecule has 0 aromatic heterocycles. The largest absolute Gasteiger partial charge is 0.484 e. The van der Waals surface area contributed by atoms with E-state index in [4.69, 9.17) is 4.74 Å². The van der Waals surface area contributed by atoms with Gasteiger partial charge in [-0.05, 0) is 46.8 Å². The molecule has 1 aromatic carbocycles. The van der Waals surface area contributed by atoms with Crippen LogP contribution in [0.4, 0.5) is 4.39 Å². The van der Waals surface area contributed by atoms with Gasteiger partial charge in [0.1, 0.15) is 11.6 Å². The summed E-state index contributed by atoms with van der Waals surface area (Å²) in [4.78, 5) is 11.4. The van der Waals surface area contributed by atoms with E-state index in [-0.39, 0.29) is 12.5 Å². The monoisotopic (exact) mass is 301 g/mol. The average Bonchev–Trinajstić information content (AvgIpc) is 3.12. The molecular weight excluding hydrogens is 289 g/mol. The van der Waals surface area contributed by atoms with Gasteiger partial charge in [-0.2, -0.15) is 0 Å². The van der Waals surface area contributed by atoms with Gasteiger partial charge in [-0.25, -0.2) is 4.39 Å². The Hall–Kier alpha value is -1.10. The molecule has 0 aliphatic heterocycles. The van der Waals surface area contributed by atoms with Crippen LogP contribution in [0.25, 0.3) is 0 Å². The fraction of sp³-hybridized carbons (Fsp3) is 0.417. The molecule has 0 spiro atoms. The SMILES string of the molecule is O=C(COc1ccc(Br)c(F)c1)NCC1CC1. The van der Waals surface area contributed by atoms with E-state index in [9.17, 15) is 9.18 Å². The first kappa shape index (κ1) is 12.4. The van der Waals surface area contributed by atoms with E-state index in [1.807, 2.05) is 0 Å². The lowest BCUT2D eigenvalue weighted by atomic mass is 10.3. The molecule has 0 radical (unpaired) electrons. The zero-order valence-electron chi connectivity index (χ0n) is 9.21. The van der Waals surface area contributed by atoms with E-state index in [1.54, 1.807) is 12.1 Å². The van der Waals surface area contributed by atoms with Crippen LogP contribution in [-0.2, 0) is 4.79 Å². The number of nitrogens with one attached hydrogen (secondary N) is 1. The van der Waals surface area contributed by atoms with Crippen molar-refractivity contribution in [3.8, 4) is 5.75 Å². The topological polar surface area (TPSA) is 38.3 Å². The number of benzene rings is 1. The van der Waals surface area contributed by atoms with Gasteiger partial charge < -0.3 is 10.1 Å². The molecule has 1 amide bonds. The second-order valence-electron chi connectivity index (χ2n) is 4.11. The Kier molecular flexibility index (Phi) is 3.99. The van der Waals surface area contributed by atoms with Crippen molar-refractivity contribution in [3.63, 3.8) is 0 Å². The van der Waals surface area contributed by atoms with Gasteiger partial charge in [0.2, 0.25) is 0 Å². The molecule has 92 valence electrons. The number of amides is 1. The maximum atomic E-state index is 13.1. The Morgan fingerprint density at radius 1 is 1.53 bits per heavy atom. The van der Waals surface area contributed by atoms with Gasteiger partial charge in [-0.1, -0.05) is 0 Å². The second-order valence-corrected chi connectivity index (χ2v) is 4.97. The number of rotatable bonds is 5. The maximum absolute atomic E-state index is 13.1. The number of hydrogen-bond acceptors (Lipinski definition) is 2. The highest BCUT2D eigenvalue weighted by Gasteiger charge is 2.21. The Bertz CT molecular complexity index is 421. The minimum atomic E-state index is -0.402. The molecule has 17 heavy (non-hydrogen) atoms. The highest BCUT2D eigenvalue weighted by molar-refractivity contribution is 9.10. The van der Waals surface area contributed by atoms with E-state index in [0.717, 1.165) is 6.54 Å². The van der Waals surface area contributed by atoms with Crippen molar-refractivity contribution in [2.45, 2.75) is 12.8 Å². The van der Waals surface area contributed by atoms with Crippen LogP contribution in [0.3, 0.4) is 0 Å². The van der Waals surface area contributed by atoms with Crippen LogP contribution in [0.1, 0.15) is 12.8 Å². The van der Waals surface area contributed by atoms with Crippen molar-refractivity contribution in [2.75, 3.05) is 13.2 Å². The summed E-state index contributed by atoms with van der Waals surface area (Å²) in [5, 5.41) is 2.77. The number of halogens is 2. The molecule has 2 rings (SSSR count). The van der Waals surface area contributed by atoms with Crippen LogP contribution in [0.15, 0.2) is 22.7 Å². The molecule has 0 bridgehead atoms. The molecule has 0 atom stereocenters. The first-order valence-corrected chi connectivity index (χ1v) is 6.29.